The van der Waals surface area contributed by atoms with Crippen LogP contribution < -0.4 is 0 Å². The van der Waals surface area contributed by atoms with E-state index >= 15 is 0 Å². The van der Waals surface area contributed by atoms with E-state index in [1.54, 1.807) is 13.2 Å². The Kier molecular flexibility index (Phi) is 9.04. The molecule has 1 atom stereocenters. The number of rotatable bonds is 11. The second-order valence-corrected chi connectivity index (χ2v) is 8.07. The Morgan fingerprint density at radius 3 is 2.55 bits per heavy atom. The average Bonchev–Trinajstić information content (AvgIpc) is 3.27. The van der Waals surface area contributed by atoms with E-state index in [1.165, 1.54) is 16.7 Å². The van der Waals surface area contributed by atoms with Crippen LogP contribution in [0.2, 0.25) is 0 Å². The number of hydrogen-bond acceptors (Lipinski definition) is 4. The molecule has 4 heteroatoms. The molecule has 1 aromatic heterocycles. The lowest BCUT2D eigenvalue weighted by molar-refractivity contribution is -0.133. The molecule has 0 unspecified atom stereocenters. The Balaban J connectivity index is 1.64. The maximum atomic E-state index is 11.4. The molecule has 1 aromatic rings. The highest BCUT2D eigenvalue weighted by Gasteiger charge is 2.26. The van der Waals surface area contributed by atoms with Gasteiger partial charge in [-0.1, -0.05) is 30.2 Å². The third-order valence-electron chi connectivity index (χ3n) is 5.30. The van der Waals surface area contributed by atoms with Crippen LogP contribution in [0.5, 0.6) is 0 Å². The zero-order valence-electron chi connectivity index (χ0n) is 18.2. The minimum Gasteiger partial charge on any atom is -0.504 e. The van der Waals surface area contributed by atoms with Gasteiger partial charge in [-0.2, -0.15) is 0 Å². The second-order valence-electron chi connectivity index (χ2n) is 8.07. The summed E-state index contributed by atoms with van der Waals surface area (Å²) in [4.78, 5) is 11.4. The Bertz CT molecular complexity index is 791. The predicted octanol–water partition coefficient (Wildman–Crippen LogP) is 6.96. The number of carbonyl (C=O) groups is 1. The third kappa shape index (κ3) is 7.80. The first-order chi connectivity index (χ1) is 13.9. The van der Waals surface area contributed by atoms with E-state index in [1.807, 2.05) is 18.4 Å². The Hall–Kier alpha value is -2.49. The summed E-state index contributed by atoms with van der Waals surface area (Å²) >= 11 is 0. The fraction of sp³-hybridized carbons (Fsp3) is 0.480. The van der Waals surface area contributed by atoms with Crippen LogP contribution in [-0.2, 0) is 16.0 Å². The average molecular weight is 399 g/mol. The van der Waals surface area contributed by atoms with E-state index in [4.69, 9.17) is 9.15 Å². The van der Waals surface area contributed by atoms with Crippen molar-refractivity contribution in [1.82, 2.24) is 0 Å². The van der Waals surface area contributed by atoms with Gasteiger partial charge in [0.1, 0.15) is 0 Å². The number of aliphatic hydroxyl groups excluding tert-OH is 1. The molecule has 4 nitrogen and oxygen atoms in total. The van der Waals surface area contributed by atoms with Gasteiger partial charge in [0.2, 0.25) is 0 Å². The zero-order valence-corrected chi connectivity index (χ0v) is 18.2. The van der Waals surface area contributed by atoms with Gasteiger partial charge in [0, 0.05) is 0 Å². The topological polar surface area (TPSA) is 59.7 Å². The van der Waals surface area contributed by atoms with Gasteiger partial charge < -0.3 is 14.3 Å². The van der Waals surface area contributed by atoms with Crippen LogP contribution in [0.25, 0.3) is 0 Å². The first-order valence-corrected chi connectivity index (χ1v) is 10.5. The molecule has 0 aromatic carbocycles. The molecule has 2 rings (SSSR count). The van der Waals surface area contributed by atoms with Crippen molar-refractivity contribution in [1.29, 1.82) is 0 Å². The maximum absolute atomic E-state index is 11.4. The van der Waals surface area contributed by atoms with E-state index < -0.39 is 5.97 Å². The maximum Gasteiger partial charge on any atom is 0.343 e. The Morgan fingerprint density at radius 1 is 1.17 bits per heavy atom. The first kappa shape index (κ1) is 22.8. The highest BCUT2D eigenvalue weighted by molar-refractivity contribution is 5.93. The van der Waals surface area contributed by atoms with Gasteiger partial charge in [0.25, 0.3) is 0 Å². The lowest BCUT2D eigenvalue weighted by Crippen LogP contribution is -1.97. The number of aliphatic hydroxyl groups is 1. The van der Waals surface area contributed by atoms with Gasteiger partial charge in [-0.15, -0.1) is 0 Å². The van der Waals surface area contributed by atoms with Crippen molar-refractivity contribution in [3.8, 4) is 0 Å². The predicted molar refractivity (Wildman–Crippen MR) is 116 cm³/mol. The Labute approximate surface area is 174 Å². The van der Waals surface area contributed by atoms with E-state index in [-0.39, 0.29) is 17.3 Å². The van der Waals surface area contributed by atoms with Crippen molar-refractivity contribution in [2.24, 2.45) is 5.92 Å². The van der Waals surface area contributed by atoms with Gasteiger partial charge in [-0.3, -0.25) is 0 Å². The molecule has 0 saturated carbocycles. The molecule has 0 fully saturated rings. The van der Waals surface area contributed by atoms with Crippen LogP contribution >= 0.6 is 0 Å². The summed E-state index contributed by atoms with van der Waals surface area (Å²) in [5.41, 5.74) is 4.41. The zero-order chi connectivity index (χ0) is 21.2. The molecule has 0 aliphatic carbocycles. The number of allylic oxidation sites excluding steroid dienone is 5. The smallest absolute Gasteiger partial charge is 0.343 e. The van der Waals surface area contributed by atoms with Crippen molar-refractivity contribution in [3.63, 3.8) is 0 Å². The SMILES string of the molecule is CC1=C(O)/C(=C/[C@H](C)CC/C=C(/C)CC/C=C(\C)CCCc2ccoc2)OC1=O. The fourth-order valence-corrected chi connectivity index (χ4v) is 3.31. The Morgan fingerprint density at radius 2 is 1.90 bits per heavy atom. The minimum absolute atomic E-state index is 0.0273. The molecule has 1 aliphatic heterocycles. The monoisotopic (exact) mass is 398 g/mol. The highest BCUT2D eigenvalue weighted by Crippen LogP contribution is 2.26. The molecule has 0 saturated heterocycles. The van der Waals surface area contributed by atoms with Crippen molar-refractivity contribution in [2.45, 2.75) is 72.6 Å². The molecule has 0 radical (unpaired) electrons. The van der Waals surface area contributed by atoms with Gasteiger partial charge in [-0.05, 0) is 89.3 Å². The lowest BCUT2D eigenvalue weighted by atomic mass is 10.0. The van der Waals surface area contributed by atoms with E-state index in [2.05, 4.69) is 32.9 Å². The van der Waals surface area contributed by atoms with Gasteiger partial charge >= 0.3 is 5.97 Å². The van der Waals surface area contributed by atoms with Crippen LogP contribution in [0.15, 0.2) is 69.5 Å². The molecule has 0 amide bonds. The highest BCUT2D eigenvalue weighted by atomic mass is 16.6. The normalized spacial score (nSPS) is 17.9. The summed E-state index contributed by atoms with van der Waals surface area (Å²) in [6.07, 6.45) is 17.5. The van der Waals surface area contributed by atoms with Crippen molar-refractivity contribution >= 4 is 5.97 Å². The van der Waals surface area contributed by atoms with Crippen LogP contribution in [0, 0.1) is 5.92 Å². The lowest BCUT2D eigenvalue weighted by Gasteiger charge is -2.07. The summed E-state index contributed by atoms with van der Waals surface area (Å²) in [6, 6.07) is 2.03. The van der Waals surface area contributed by atoms with Crippen molar-refractivity contribution < 1.29 is 19.1 Å². The van der Waals surface area contributed by atoms with Crippen molar-refractivity contribution in [3.05, 3.63) is 70.6 Å². The van der Waals surface area contributed by atoms with Crippen LogP contribution in [0.3, 0.4) is 0 Å². The number of esters is 1. The number of hydrogen-bond donors (Lipinski definition) is 1. The standard InChI is InChI=1S/C25H34O4/c1-18(8-5-9-19(2)11-7-13-22-14-15-28-17-22)10-6-12-20(3)16-23-24(26)21(4)25(27)29-23/h9-10,14-17,20,26H,5-8,11-13H2,1-4H3/b18-10-,19-9+,23-16-/t20-/m1/s1. The summed E-state index contributed by atoms with van der Waals surface area (Å²) < 4.78 is 10.2. The van der Waals surface area contributed by atoms with E-state index in [0.29, 0.717) is 5.76 Å². The molecular weight excluding hydrogens is 364 g/mol. The van der Waals surface area contributed by atoms with E-state index in [0.717, 1.165) is 44.9 Å². The summed E-state index contributed by atoms with van der Waals surface area (Å²) in [5, 5.41) is 9.88. The van der Waals surface area contributed by atoms with Gasteiger partial charge in [0.05, 0.1) is 18.1 Å². The molecule has 1 N–H and O–H groups in total. The molecule has 0 spiro atoms. The summed E-state index contributed by atoms with van der Waals surface area (Å²) in [5.74, 6) is 0.0448. The van der Waals surface area contributed by atoms with Crippen LogP contribution in [0.1, 0.15) is 71.8 Å². The largest absolute Gasteiger partial charge is 0.504 e. The minimum atomic E-state index is -0.457. The fourth-order valence-electron chi connectivity index (χ4n) is 3.31. The number of cyclic esters (lactones) is 1. The van der Waals surface area contributed by atoms with Gasteiger partial charge in [-0.25, -0.2) is 4.79 Å². The number of carbonyl (C=O) groups excluding carboxylic acids is 1. The number of furan rings is 1. The first-order valence-electron chi connectivity index (χ1n) is 10.5. The molecule has 158 valence electrons. The summed E-state index contributed by atoms with van der Waals surface area (Å²) in [7, 11) is 0. The van der Waals surface area contributed by atoms with Gasteiger partial charge in [0.15, 0.2) is 11.5 Å². The summed E-state index contributed by atoms with van der Waals surface area (Å²) in [6.45, 7) is 8.04. The van der Waals surface area contributed by atoms with Crippen LogP contribution in [0.4, 0.5) is 0 Å². The third-order valence-corrected chi connectivity index (χ3v) is 5.30. The van der Waals surface area contributed by atoms with Crippen LogP contribution in [-0.4, -0.2) is 11.1 Å². The number of ether oxygens (including phenoxy) is 1. The molecule has 0 bridgehead atoms. The molecule has 1 aliphatic rings. The quantitative estimate of drug-likeness (QED) is 0.323. The second kappa shape index (κ2) is 11.5. The molecular formula is C25H34O4. The molecule has 2 heterocycles. The molecule has 29 heavy (non-hydrogen) atoms. The number of aryl methyl sites for hydroxylation is 1. The van der Waals surface area contributed by atoms with E-state index in [9.17, 15) is 9.90 Å². The van der Waals surface area contributed by atoms with Crippen molar-refractivity contribution in [2.75, 3.05) is 0 Å².